The molecule has 4 rings (SSSR count). The first-order valence-electron chi connectivity index (χ1n) is 8.11. The molecule has 0 spiro atoms. The average molecular weight is 414 g/mol. The van der Waals surface area contributed by atoms with Gasteiger partial charge in [0.1, 0.15) is 5.76 Å². The van der Waals surface area contributed by atoms with Crippen molar-refractivity contribution < 1.29 is 27.2 Å². The molecule has 0 aliphatic carbocycles. The van der Waals surface area contributed by atoms with Crippen LogP contribution >= 0.6 is 11.8 Å². The lowest BCUT2D eigenvalue weighted by molar-refractivity contribution is -0.137. The van der Waals surface area contributed by atoms with Gasteiger partial charge in [-0.1, -0.05) is 11.8 Å². The SMILES string of the molecule is O=C1NC(=O)/C(=C\c2cc3cncc(C#Cc4ccc(C(F)(F)F)cc4)c3o2)S1. The molecule has 1 aliphatic rings. The molecule has 0 atom stereocenters. The molecule has 3 aromatic rings. The standard InChI is InChI=1S/C20H9F3N2O3S/c21-20(22,23)14-5-2-11(3-6-14)1-4-12-9-24-10-13-7-15(28-17(12)13)8-16-18(26)25-19(27)29-16/h2-3,5-10H,(H,25,26,27)/b16-8+. The third-order valence-corrected chi connectivity index (χ3v) is 4.72. The number of nitrogens with zero attached hydrogens (tertiary/aromatic N) is 1. The van der Waals surface area contributed by atoms with Crippen LogP contribution in [0.1, 0.15) is 22.5 Å². The number of benzene rings is 1. The summed E-state index contributed by atoms with van der Waals surface area (Å²) in [5.41, 5.74) is 0.511. The summed E-state index contributed by atoms with van der Waals surface area (Å²) in [5.74, 6) is 5.47. The molecule has 5 nitrogen and oxygen atoms in total. The maximum atomic E-state index is 12.6. The number of fused-ring (bicyclic) bond motifs is 1. The molecule has 0 saturated carbocycles. The molecule has 9 heteroatoms. The lowest BCUT2D eigenvalue weighted by atomic mass is 10.1. The van der Waals surface area contributed by atoms with Gasteiger partial charge < -0.3 is 4.42 Å². The Morgan fingerprint density at radius 1 is 1.10 bits per heavy atom. The van der Waals surface area contributed by atoms with E-state index < -0.39 is 22.9 Å². The second-order valence-corrected chi connectivity index (χ2v) is 6.95. The van der Waals surface area contributed by atoms with Crippen LogP contribution in [-0.4, -0.2) is 16.1 Å². The number of aromatic nitrogens is 1. The maximum absolute atomic E-state index is 12.6. The summed E-state index contributed by atoms with van der Waals surface area (Å²) in [4.78, 5) is 27.2. The van der Waals surface area contributed by atoms with Gasteiger partial charge in [0.2, 0.25) is 0 Å². The Morgan fingerprint density at radius 2 is 1.86 bits per heavy atom. The zero-order valence-corrected chi connectivity index (χ0v) is 15.1. The molecule has 0 radical (unpaired) electrons. The number of imide groups is 1. The van der Waals surface area contributed by atoms with E-state index in [1.807, 2.05) is 0 Å². The van der Waals surface area contributed by atoms with Gasteiger partial charge in [-0.05, 0) is 42.1 Å². The molecule has 144 valence electrons. The minimum absolute atomic E-state index is 0.208. The largest absolute Gasteiger partial charge is 0.455 e. The van der Waals surface area contributed by atoms with E-state index in [2.05, 4.69) is 22.1 Å². The zero-order valence-electron chi connectivity index (χ0n) is 14.3. The number of halogens is 3. The van der Waals surface area contributed by atoms with Crippen molar-refractivity contribution >= 4 is 40.0 Å². The van der Waals surface area contributed by atoms with Crippen molar-refractivity contribution in [3.05, 3.63) is 70.1 Å². The molecule has 1 aliphatic heterocycles. The van der Waals surface area contributed by atoms with Crippen molar-refractivity contribution in [2.45, 2.75) is 6.18 Å². The number of nitrogens with one attached hydrogen (secondary N) is 1. The summed E-state index contributed by atoms with van der Waals surface area (Å²) in [6, 6.07) is 6.15. The highest BCUT2D eigenvalue weighted by molar-refractivity contribution is 8.18. The zero-order chi connectivity index (χ0) is 20.6. The number of hydrogen-bond donors (Lipinski definition) is 1. The first-order chi connectivity index (χ1) is 13.8. The Kier molecular flexibility index (Phi) is 4.64. The van der Waals surface area contributed by atoms with Gasteiger partial charge in [0.05, 0.1) is 16.0 Å². The Morgan fingerprint density at radius 3 is 2.52 bits per heavy atom. The number of hydrogen-bond acceptors (Lipinski definition) is 5. The Bertz CT molecular complexity index is 1230. The molecular weight excluding hydrogens is 405 g/mol. The minimum atomic E-state index is -4.40. The first-order valence-corrected chi connectivity index (χ1v) is 8.93. The van der Waals surface area contributed by atoms with Gasteiger partial charge in [-0.3, -0.25) is 19.9 Å². The molecule has 29 heavy (non-hydrogen) atoms. The predicted octanol–water partition coefficient (Wildman–Crippen LogP) is 4.57. The number of thioether (sulfide) groups is 1. The summed E-state index contributed by atoms with van der Waals surface area (Å²) in [7, 11) is 0. The number of furan rings is 1. The molecule has 0 unspecified atom stereocenters. The number of amides is 2. The van der Waals surface area contributed by atoms with E-state index in [9.17, 15) is 22.8 Å². The van der Waals surface area contributed by atoms with Crippen LogP contribution in [0.25, 0.3) is 17.0 Å². The molecule has 2 amide bonds. The summed E-state index contributed by atoms with van der Waals surface area (Å²) >= 11 is 0.771. The van der Waals surface area contributed by atoms with Crippen molar-refractivity contribution in [2.75, 3.05) is 0 Å². The molecule has 2 aromatic heterocycles. The van der Waals surface area contributed by atoms with Crippen molar-refractivity contribution in [1.29, 1.82) is 0 Å². The fourth-order valence-electron chi connectivity index (χ4n) is 2.57. The molecule has 0 bridgehead atoms. The summed E-state index contributed by atoms with van der Waals surface area (Å²) in [5, 5.41) is 2.33. The van der Waals surface area contributed by atoms with E-state index in [-0.39, 0.29) is 4.91 Å². The van der Waals surface area contributed by atoms with Crippen molar-refractivity contribution in [2.24, 2.45) is 0 Å². The highest BCUT2D eigenvalue weighted by atomic mass is 32.2. The number of carbonyl (C=O) groups is 2. The van der Waals surface area contributed by atoms with Crippen molar-refractivity contribution in [3.8, 4) is 11.8 Å². The van der Waals surface area contributed by atoms with Crippen LogP contribution in [0.15, 0.2) is 52.0 Å². The quantitative estimate of drug-likeness (QED) is 0.467. The minimum Gasteiger partial charge on any atom is -0.455 e. The predicted molar refractivity (Wildman–Crippen MR) is 101 cm³/mol. The van der Waals surface area contributed by atoms with E-state index in [4.69, 9.17) is 4.42 Å². The topological polar surface area (TPSA) is 72.2 Å². The van der Waals surface area contributed by atoms with Crippen molar-refractivity contribution in [3.63, 3.8) is 0 Å². The van der Waals surface area contributed by atoms with Crippen molar-refractivity contribution in [1.82, 2.24) is 10.3 Å². The Balaban J connectivity index is 1.65. The monoisotopic (exact) mass is 414 g/mol. The lowest BCUT2D eigenvalue weighted by Crippen LogP contribution is -2.17. The Hall–Kier alpha value is -3.51. The van der Waals surface area contributed by atoms with E-state index in [1.54, 1.807) is 12.3 Å². The molecular formula is C20H9F3N2O3S. The van der Waals surface area contributed by atoms with Crippen LogP contribution in [0.3, 0.4) is 0 Å². The van der Waals surface area contributed by atoms with E-state index in [0.717, 1.165) is 23.9 Å². The Labute approximate surface area is 166 Å². The molecule has 1 N–H and O–H groups in total. The molecule has 1 fully saturated rings. The van der Waals surface area contributed by atoms with Crippen LogP contribution in [0.4, 0.5) is 18.0 Å². The number of carbonyl (C=O) groups excluding carboxylic acids is 2. The lowest BCUT2D eigenvalue weighted by Gasteiger charge is -2.05. The van der Waals surface area contributed by atoms with Gasteiger partial charge >= 0.3 is 6.18 Å². The van der Waals surface area contributed by atoms with Gasteiger partial charge in [0.15, 0.2) is 5.58 Å². The van der Waals surface area contributed by atoms with Gasteiger partial charge in [0, 0.05) is 29.4 Å². The van der Waals surface area contributed by atoms with Gasteiger partial charge in [-0.25, -0.2) is 0 Å². The van der Waals surface area contributed by atoms with Gasteiger partial charge in [0.25, 0.3) is 11.1 Å². The fraction of sp³-hybridized carbons (Fsp3) is 0.0500. The molecule has 1 aromatic carbocycles. The maximum Gasteiger partial charge on any atom is 0.416 e. The normalized spacial score (nSPS) is 15.5. The molecule has 3 heterocycles. The second-order valence-electron chi connectivity index (χ2n) is 5.93. The van der Waals surface area contributed by atoms with Crippen LogP contribution in [-0.2, 0) is 11.0 Å². The number of rotatable bonds is 1. The van der Waals surface area contributed by atoms with E-state index in [0.29, 0.717) is 27.9 Å². The van der Waals surface area contributed by atoms with Crippen LogP contribution in [0, 0.1) is 11.8 Å². The number of pyridine rings is 1. The molecule has 1 saturated heterocycles. The summed E-state index contributed by atoms with van der Waals surface area (Å²) in [6.45, 7) is 0. The van der Waals surface area contributed by atoms with Crippen LogP contribution in [0.5, 0.6) is 0 Å². The highest BCUT2D eigenvalue weighted by Gasteiger charge is 2.29. The van der Waals surface area contributed by atoms with Crippen LogP contribution in [0.2, 0.25) is 0 Å². The third-order valence-electron chi connectivity index (χ3n) is 3.91. The highest BCUT2D eigenvalue weighted by Crippen LogP contribution is 2.30. The summed E-state index contributed by atoms with van der Waals surface area (Å²) in [6.07, 6.45) is 0.0647. The smallest absolute Gasteiger partial charge is 0.416 e. The van der Waals surface area contributed by atoms with Gasteiger partial charge in [-0.2, -0.15) is 13.2 Å². The third kappa shape index (κ3) is 4.02. The average Bonchev–Trinajstić information content (AvgIpc) is 3.22. The number of alkyl halides is 3. The van der Waals surface area contributed by atoms with Gasteiger partial charge in [-0.15, -0.1) is 0 Å². The van der Waals surface area contributed by atoms with E-state index in [1.165, 1.54) is 24.4 Å². The fourth-order valence-corrected chi connectivity index (χ4v) is 3.24. The van der Waals surface area contributed by atoms with E-state index >= 15 is 0 Å². The first kappa shape index (κ1) is 18.8. The summed E-state index contributed by atoms with van der Waals surface area (Å²) < 4.78 is 43.6. The van der Waals surface area contributed by atoms with Crippen LogP contribution < -0.4 is 5.32 Å². The second kappa shape index (κ2) is 7.14.